The monoisotopic (exact) mass is 248 g/mol. The standard InChI is InChI=1S/C13H12O5/c1-8(13(15)16-2)17-10-5-3-9-4-6-12(14)18-11(9)7-10/h3-8H,1-2H3. The number of hydrogen-bond acceptors (Lipinski definition) is 5. The van der Waals surface area contributed by atoms with Crippen LogP contribution in [0.2, 0.25) is 0 Å². The lowest BCUT2D eigenvalue weighted by Gasteiger charge is -2.12. The van der Waals surface area contributed by atoms with E-state index in [0.717, 1.165) is 5.39 Å². The molecule has 2 aromatic rings. The first-order valence-electron chi connectivity index (χ1n) is 5.38. The minimum atomic E-state index is -0.720. The van der Waals surface area contributed by atoms with Gasteiger partial charge in [0.05, 0.1) is 7.11 Å². The molecule has 0 amide bonds. The second-order valence-corrected chi connectivity index (χ2v) is 3.74. The van der Waals surface area contributed by atoms with Gasteiger partial charge in [0, 0.05) is 17.5 Å². The minimum Gasteiger partial charge on any atom is -0.479 e. The molecule has 5 nitrogen and oxygen atoms in total. The van der Waals surface area contributed by atoms with Crippen molar-refractivity contribution in [1.82, 2.24) is 0 Å². The number of hydrogen-bond donors (Lipinski definition) is 0. The van der Waals surface area contributed by atoms with Gasteiger partial charge in [0.2, 0.25) is 0 Å². The van der Waals surface area contributed by atoms with Gasteiger partial charge in [-0.15, -0.1) is 0 Å². The van der Waals surface area contributed by atoms with E-state index in [1.54, 1.807) is 31.2 Å². The van der Waals surface area contributed by atoms with Crippen LogP contribution in [-0.2, 0) is 9.53 Å². The third-order valence-electron chi connectivity index (χ3n) is 2.44. The van der Waals surface area contributed by atoms with Crippen LogP contribution in [-0.4, -0.2) is 19.2 Å². The molecule has 0 bridgehead atoms. The Morgan fingerprint density at radius 1 is 1.28 bits per heavy atom. The molecule has 0 N–H and O–H groups in total. The summed E-state index contributed by atoms with van der Waals surface area (Å²) in [5.74, 6) is -0.0284. The quantitative estimate of drug-likeness (QED) is 0.611. The summed E-state index contributed by atoms with van der Waals surface area (Å²) in [4.78, 5) is 22.3. The maximum Gasteiger partial charge on any atom is 0.346 e. The summed E-state index contributed by atoms with van der Waals surface area (Å²) in [5.41, 5.74) is -0.0160. The third-order valence-corrected chi connectivity index (χ3v) is 2.44. The van der Waals surface area contributed by atoms with Gasteiger partial charge in [-0.05, 0) is 25.1 Å². The molecule has 0 aliphatic rings. The van der Waals surface area contributed by atoms with Crippen molar-refractivity contribution in [1.29, 1.82) is 0 Å². The van der Waals surface area contributed by atoms with Crippen LogP contribution in [0, 0.1) is 0 Å². The SMILES string of the molecule is COC(=O)C(C)Oc1ccc2ccc(=O)oc2c1. The summed E-state index contributed by atoms with van der Waals surface area (Å²) in [6.07, 6.45) is -0.720. The van der Waals surface area contributed by atoms with E-state index in [1.165, 1.54) is 13.2 Å². The van der Waals surface area contributed by atoms with E-state index in [1.807, 2.05) is 0 Å². The smallest absolute Gasteiger partial charge is 0.346 e. The third kappa shape index (κ3) is 2.51. The van der Waals surface area contributed by atoms with E-state index >= 15 is 0 Å². The van der Waals surface area contributed by atoms with Crippen molar-refractivity contribution in [3.63, 3.8) is 0 Å². The molecular formula is C13H12O5. The molecule has 5 heteroatoms. The van der Waals surface area contributed by atoms with E-state index in [4.69, 9.17) is 9.15 Å². The molecule has 0 aliphatic carbocycles. The lowest BCUT2D eigenvalue weighted by Crippen LogP contribution is -2.24. The summed E-state index contributed by atoms with van der Waals surface area (Å²) < 4.78 is 15.0. The van der Waals surface area contributed by atoms with Gasteiger partial charge in [-0.3, -0.25) is 0 Å². The molecule has 1 unspecified atom stereocenters. The number of esters is 1. The number of fused-ring (bicyclic) bond motifs is 1. The Balaban J connectivity index is 2.29. The lowest BCUT2D eigenvalue weighted by atomic mass is 10.2. The number of benzene rings is 1. The van der Waals surface area contributed by atoms with Gasteiger partial charge in [-0.2, -0.15) is 0 Å². The first-order chi connectivity index (χ1) is 8.60. The van der Waals surface area contributed by atoms with Crippen LogP contribution in [0.5, 0.6) is 5.75 Å². The molecule has 2 rings (SSSR count). The molecule has 0 fully saturated rings. The predicted octanol–water partition coefficient (Wildman–Crippen LogP) is 1.73. The van der Waals surface area contributed by atoms with Crippen molar-refractivity contribution in [3.05, 3.63) is 40.8 Å². The van der Waals surface area contributed by atoms with Crippen molar-refractivity contribution >= 4 is 16.9 Å². The Morgan fingerprint density at radius 3 is 2.72 bits per heavy atom. The normalized spacial score (nSPS) is 12.1. The Morgan fingerprint density at radius 2 is 2.00 bits per heavy atom. The van der Waals surface area contributed by atoms with Crippen LogP contribution in [0.4, 0.5) is 0 Å². The first kappa shape index (κ1) is 12.2. The molecule has 1 heterocycles. The summed E-state index contributed by atoms with van der Waals surface area (Å²) in [5, 5.41) is 0.785. The molecule has 1 aromatic carbocycles. The fraction of sp³-hybridized carbons (Fsp3) is 0.231. The molecule has 1 atom stereocenters. The highest BCUT2D eigenvalue weighted by molar-refractivity contribution is 5.78. The van der Waals surface area contributed by atoms with E-state index in [2.05, 4.69) is 4.74 Å². The topological polar surface area (TPSA) is 65.7 Å². The molecule has 0 aliphatic heterocycles. The Kier molecular flexibility index (Phi) is 3.32. The summed E-state index contributed by atoms with van der Waals surface area (Å²) in [7, 11) is 1.29. The zero-order chi connectivity index (χ0) is 13.1. The van der Waals surface area contributed by atoms with Crippen molar-refractivity contribution in [2.45, 2.75) is 13.0 Å². The predicted molar refractivity (Wildman–Crippen MR) is 64.6 cm³/mol. The van der Waals surface area contributed by atoms with E-state index < -0.39 is 17.7 Å². The molecule has 0 saturated carbocycles. The van der Waals surface area contributed by atoms with E-state index in [-0.39, 0.29) is 0 Å². The summed E-state index contributed by atoms with van der Waals surface area (Å²) in [6.45, 7) is 1.58. The maximum atomic E-state index is 11.2. The highest BCUT2D eigenvalue weighted by atomic mass is 16.6. The van der Waals surface area contributed by atoms with Gasteiger partial charge in [-0.1, -0.05) is 0 Å². The van der Waals surface area contributed by atoms with Gasteiger partial charge >= 0.3 is 11.6 Å². The first-order valence-corrected chi connectivity index (χ1v) is 5.38. The highest BCUT2D eigenvalue weighted by Crippen LogP contribution is 2.20. The van der Waals surface area contributed by atoms with Crippen LogP contribution >= 0.6 is 0 Å². The molecule has 94 valence electrons. The van der Waals surface area contributed by atoms with E-state index in [0.29, 0.717) is 11.3 Å². The molecule has 18 heavy (non-hydrogen) atoms. The van der Waals surface area contributed by atoms with Gasteiger partial charge in [0.1, 0.15) is 11.3 Å². The average Bonchev–Trinajstić information content (AvgIpc) is 2.37. The van der Waals surface area contributed by atoms with Crippen LogP contribution in [0.3, 0.4) is 0 Å². The molecule has 1 aromatic heterocycles. The fourth-order valence-corrected chi connectivity index (χ4v) is 1.53. The van der Waals surface area contributed by atoms with Crippen molar-refractivity contribution in [3.8, 4) is 5.75 Å². The van der Waals surface area contributed by atoms with Crippen molar-refractivity contribution in [2.24, 2.45) is 0 Å². The summed E-state index contributed by atoms with van der Waals surface area (Å²) >= 11 is 0. The van der Waals surface area contributed by atoms with Gasteiger partial charge in [-0.25, -0.2) is 9.59 Å². The highest BCUT2D eigenvalue weighted by Gasteiger charge is 2.14. The van der Waals surface area contributed by atoms with Crippen LogP contribution in [0.25, 0.3) is 11.0 Å². The zero-order valence-corrected chi connectivity index (χ0v) is 10.0. The number of carbonyl (C=O) groups excluding carboxylic acids is 1. The number of ether oxygens (including phenoxy) is 2. The minimum absolute atomic E-state index is 0.414. The second kappa shape index (κ2) is 4.91. The van der Waals surface area contributed by atoms with Crippen LogP contribution in [0.15, 0.2) is 39.5 Å². The van der Waals surface area contributed by atoms with Crippen LogP contribution < -0.4 is 10.4 Å². The molecular weight excluding hydrogens is 236 g/mol. The molecule has 0 spiro atoms. The number of methoxy groups -OCH3 is 1. The van der Waals surface area contributed by atoms with Crippen molar-refractivity contribution in [2.75, 3.05) is 7.11 Å². The van der Waals surface area contributed by atoms with Gasteiger partial charge in [0.15, 0.2) is 6.10 Å². The lowest BCUT2D eigenvalue weighted by molar-refractivity contribution is -0.147. The van der Waals surface area contributed by atoms with Crippen molar-refractivity contribution < 1.29 is 18.7 Å². The van der Waals surface area contributed by atoms with Crippen LogP contribution in [0.1, 0.15) is 6.92 Å². The van der Waals surface area contributed by atoms with E-state index in [9.17, 15) is 9.59 Å². The molecule has 0 radical (unpaired) electrons. The summed E-state index contributed by atoms with van der Waals surface area (Å²) in [6, 6.07) is 8.02. The number of rotatable bonds is 3. The fourth-order valence-electron chi connectivity index (χ4n) is 1.53. The zero-order valence-electron chi connectivity index (χ0n) is 10.0. The van der Waals surface area contributed by atoms with Gasteiger partial charge in [0.25, 0.3) is 0 Å². The average molecular weight is 248 g/mol. The Labute approximate surface area is 103 Å². The van der Waals surface area contributed by atoms with Gasteiger partial charge < -0.3 is 13.9 Å². The molecule has 0 saturated heterocycles. The second-order valence-electron chi connectivity index (χ2n) is 3.74. The number of carbonyl (C=O) groups is 1. The Hall–Kier alpha value is -2.30. The maximum absolute atomic E-state index is 11.2. The largest absolute Gasteiger partial charge is 0.479 e. The Bertz CT molecular complexity index is 629.